The minimum Gasteiger partial charge on any atom is -0.493 e. The number of aryl methyl sites for hydroxylation is 1. The number of rotatable bonds is 6. The maximum absolute atomic E-state index is 13.1. The Balaban J connectivity index is 1.42. The van der Waals surface area contributed by atoms with Crippen LogP contribution < -0.4 is 9.47 Å². The highest BCUT2D eigenvalue weighted by atomic mass is 16.5. The quantitative estimate of drug-likeness (QED) is 0.656. The summed E-state index contributed by atoms with van der Waals surface area (Å²) in [6.45, 7) is 1.55. The maximum Gasteiger partial charge on any atom is 0.196 e. The van der Waals surface area contributed by atoms with Gasteiger partial charge in [0.05, 0.1) is 12.5 Å². The fourth-order valence-electron chi connectivity index (χ4n) is 6.68. The second-order valence-corrected chi connectivity index (χ2v) is 9.52. The van der Waals surface area contributed by atoms with E-state index >= 15 is 0 Å². The van der Waals surface area contributed by atoms with Crippen LogP contribution in [0.15, 0.2) is 54.6 Å². The Morgan fingerprint density at radius 2 is 2.03 bits per heavy atom. The molecule has 0 N–H and O–H groups in total. The van der Waals surface area contributed by atoms with Gasteiger partial charge < -0.3 is 14.2 Å². The Labute approximate surface area is 189 Å². The molecule has 5 nitrogen and oxygen atoms in total. The van der Waals surface area contributed by atoms with Gasteiger partial charge in [0.1, 0.15) is 5.60 Å². The molecular weight excluding hydrogens is 402 g/mol. The monoisotopic (exact) mass is 431 g/mol. The van der Waals surface area contributed by atoms with Crippen LogP contribution in [0.5, 0.6) is 11.5 Å². The molecule has 2 aromatic carbocycles. The number of hydrogen-bond donors (Lipinski definition) is 0. The van der Waals surface area contributed by atoms with Gasteiger partial charge in [0.2, 0.25) is 0 Å². The van der Waals surface area contributed by atoms with Crippen LogP contribution in [0.3, 0.4) is 0 Å². The average Bonchev–Trinajstić information content (AvgIpc) is 3.18. The van der Waals surface area contributed by atoms with Gasteiger partial charge in [-0.3, -0.25) is 9.69 Å². The Morgan fingerprint density at radius 3 is 2.84 bits per heavy atom. The number of carbonyl (C=O) groups is 1. The molecule has 0 radical (unpaired) electrons. The second-order valence-electron chi connectivity index (χ2n) is 9.52. The van der Waals surface area contributed by atoms with Crippen molar-refractivity contribution in [3.8, 4) is 11.5 Å². The summed E-state index contributed by atoms with van der Waals surface area (Å²) >= 11 is 0. The number of carbonyl (C=O) groups excluding carboxylic acids is 1. The molecule has 166 valence electrons. The molecule has 2 aliphatic heterocycles. The number of nitrogens with zero attached hydrogens (tertiary/aromatic N) is 1. The SMILES string of the molecule is COc1ccc2c3c1O[C@H]1C(=O)C=C[C@@]4(OCCCc5ccccc5)[C@@H](C2)N(C)CC[C@]314. The number of methoxy groups -OCH3 is 1. The molecule has 0 saturated carbocycles. The van der Waals surface area contributed by atoms with E-state index in [1.165, 1.54) is 11.1 Å². The van der Waals surface area contributed by atoms with Gasteiger partial charge in [0.25, 0.3) is 0 Å². The van der Waals surface area contributed by atoms with Gasteiger partial charge in [-0.15, -0.1) is 0 Å². The number of piperidine rings is 1. The van der Waals surface area contributed by atoms with Gasteiger partial charge >= 0.3 is 0 Å². The summed E-state index contributed by atoms with van der Waals surface area (Å²) in [5.74, 6) is 1.48. The number of ether oxygens (including phenoxy) is 3. The molecule has 0 aromatic heterocycles. The second kappa shape index (κ2) is 7.19. The lowest BCUT2D eigenvalue weighted by atomic mass is 9.50. The molecule has 32 heavy (non-hydrogen) atoms. The Bertz CT molecular complexity index is 1100. The first kappa shape index (κ1) is 20.0. The van der Waals surface area contributed by atoms with Crippen LogP contribution in [0.2, 0.25) is 0 Å². The van der Waals surface area contributed by atoms with Crippen LogP contribution in [-0.4, -0.2) is 55.7 Å². The van der Waals surface area contributed by atoms with Crippen molar-refractivity contribution in [3.63, 3.8) is 0 Å². The van der Waals surface area contributed by atoms with Crippen molar-refractivity contribution in [3.05, 3.63) is 71.3 Å². The topological polar surface area (TPSA) is 48.0 Å². The zero-order chi connectivity index (χ0) is 21.9. The minimum atomic E-state index is -0.583. The van der Waals surface area contributed by atoms with Crippen molar-refractivity contribution < 1.29 is 19.0 Å². The number of likely N-dealkylation sites (tertiary alicyclic amines) is 1. The molecule has 6 rings (SSSR count). The van der Waals surface area contributed by atoms with Gasteiger partial charge in [-0.1, -0.05) is 36.4 Å². The average molecular weight is 432 g/mol. The Kier molecular flexibility index (Phi) is 4.50. The predicted molar refractivity (Wildman–Crippen MR) is 121 cm³/mol. The highest BCUT2D eigenvalue weighted by Crippen LogP contribution is 2.64. The Hall–Kier alpha value is -2.63. The van der Waals surface area contributed by atoms with Crippen LogP contribution in [0.4, 0.5) is 0 Å². The fourth-order valence-corrected chi connectivity index (χ4v) is 6.68. The normalized spacial score (nSPS) is 31.9. The molecule has 2 aliphatic carbocycles. The Morgan fingerprint density at radius 1 is 1.19 bits per heavy atom. The third-order valence-electron chi connectivity index (χ3n) is 8.10. The number of likely N-dealkylation sites (N-methyl/N-ethyl adjacent to an activating group) is 1. The highest BCUT2D eigenvalue weighted by molar-refractivity contribution is 5.99. The zero-order valence-corrected chi connectivity index (χ0v) is 18.7. The van der Waals surface area contributed by atoms with Gasteiger partial charge in [-0.05, 0) is 68.6 Å². The van der Waals surface area contributed by atoms with Crippen LogP contribution in [0, 0.1) is 0 Å². The zero-order valence-electron chi connectivity index (χ0n) is 18.7. The van der Waals surface area contributed by atoms with Crippen molar-refractivity contribution in [2.24, 2.45) is 0 Å². The summed E-state index contributed by atoms with van der Waals surface area (Å²) in [4.78, 5) is 15.5. The van der Waals surface area contributed by atoms with E-state index in [1.807, 2.05) is 12.1 Å². The molecule has 0 unspecified atom stereocenters. The first-order valence-electron chi connectivity index (χ1n) is 11.6. The smallest absolute Gasteiger partial charge is 0.196 e. The van der Waals surface area contributed by atoms with E-state index < -0.39 is 17.1 Å². The van der Waals surface area contributed by atoms with Crippen LogP contribution >= 0.6 is 0 Å². The molecule has 4 aliphatic rings. The molecular formula is C27H29NO4. The van der Waals surface area contributed by atoms with E-state index in [1.54, 1.807) is 13.2 Å². The van der Waals surface area contributed by atoms with Crippen LogP contribution in [0.25, 0.3) is 0 Å². The van der Waals surface area contributed by atoms with Crippen LogP contribution in [-0.2, 0) is 27.8 Å². The fraction of sp³-hybridized carbons (Fsp3) is 0.444. The number of benzene rings is 2. The van der Waals surface area contributed by atoms with Crippen LogP contribution in [0.1, 0.15) is 29.5 Å². The standard InChI is InChI=1S/C27H29NO4/c1-28-15-14-26-23-19-10-11-21(30-2)24(23)32-25(26)20(29)12-13-27(26,22(28)17-19)31-16-6-9-18-7-4-3-5-8-18/h3-5,7-8,10-13,22,25H,6,9,14-17H2,1-2H3/t22-,25+,26+,27-/m1/s1. The van der Waals surface area contributed by atoms with E-state index in [-0.39, 0.29) is 11.8 Å². The van der Waals surface area contributed by atoms with Gasteiger partial charge in [-0.2, -0.15) is 0 Å². The van der Waals surface area contributed by atoms with Gasteiger partial charge in [0, 0.05) is 18.2 Å². The highest BCUT2D eigenvalue weighted by Gasteiger charge is 2.72. The largest absolute Gasteiger partial charge is 0.493 e. The molecule has 1 saturated heterocycles. The summed E-state index contributed by atoms with van der Waals surface area (Å²) < 4.78 is 19.0. The van der Waals surface area contributed by atoms with E-state index in [9.17, 15) is 4.79 Å². The lowest BCUT2D eigenvalue weighted by Crippen LogP contribution is -2.75. The minimum absolute atomic E-state index is 0.0305. The van der Waals surface area contributed by atoms with Crippen molar-refractivity contribution in [2.45, 2.75) is 48.8 Å². The van der Waals surface area contributed by atoms with Crippen molar-refractivity contribution in [1.29, 1.82) is 0 Å². The van der Waals surface area contributed by atoms with Crippen molar-refractivity contribution in [1.82, 2.24) is 4.90 Å². The molecule has 2 bridgehead atoms. The molecule has 5 heteroatoms. The van der Waals surface area contributed by atoms with E-state index in [0.717, 1.165) is 43.5 Å². The number of ketones is 1. The molecule has 1 fully saturated rings. The van der Waals surface area contributed by atoms with E-state index in [2.05, 4.69) is 48.4 Å². The summed E-state index contributed by atoms with van der Waals surface area (Å²) in [7, 11) is 3.84. The third-order valence-corrected chi connectivity index (χ3v) is 8.10. The van der Waals surface area contributed by atoms with E-state index in [0.29, 0.717) is 12.4 Å². The van der Waals surface area contributed by atoms with Crippen molar-refractivity contribution >= 4 is 5.78 Å². The van der Waals surface area contributed by atoms with E-state index in [4.69, 9.17) is 14.2 Å². The molecule has 1 spiro atoms. The first-order valence-corrected chi connectivity index (χ1v) is 11.6. The molecule has 2 heterocycles. The number of hydrogen-bond acceptors (Lipinski definition) is 5. The molecule has 0 amide bonds. The summed E-state index contributed by atoms with van der Waals surface area (Å²) in [6, 6.07) is 14.8. The third kappa shape index (κ3) is 2.49. The lowest BCUT2D eigenvalue weighted by molar-refractivity contribution is -0.174. The summed E-state index contributed by atoms with van der Waals surface area (Å²) in [5.41, 5.74) is 2.64. The summed E-state index contributed by atoms with van der Waals surface area (Å²) in [5, 5.41) is 0. The van der Waals surface area contributed by atoms with Gasteiger partial charge in [-0.25, -0.2) is 0 Å². The molecule has 2 aromatic rings. The first-order chi connectivity index (χ1) is 15.6. The predicted octanol–water partition coefficient (Wildman–Crippen LogP) is 3.48. The molecule has 4 atom stereocenters. The van der Waals surface area contributed by atoms with Gasteiger partial charge in [0.15, 0.2) is 23.4 Å². The lowest BCUT2D eigenvalue weighted by Gasteiger charge is -2.62. The summed E-state index contributed by atoms with van der Waals surface area (Å²) in [6.07, 6.45) is 6.82. The maximum atomic E-state index is 13.1. The van der Waals surface area contributed by atoms with Crippen molar-refractivity contribution in [2.75, 3.05) is 27.3 Å².